The summed E-state index contributed by atoms with van der Waals surface area (Å²) >= 11 is 0. The lowest BCUT2D eigenvalue weighted by molar-refractivity contribution is -0.100. The van der Waals surface area contributed by atoms with E-state index in [1.54, 1.807) is 30.3 Å². The number of ether oxygens (including phenoxy) is 1. The predicted molar refractivity (Wildman–Crippen MR) is 149 cm³/mol. The number of sulfone groups is 1. The predicted octanol–water partition coefficient (Wildman–Crippen LogP) is 4.36. The van der Waals surface area contributed by atoms with Crippen LogP contribution >= 0.6 is 0 Å². The van der Waals surface area contributed by atoms with E-state index in [0.29, 0.717) is 29.3 Å². The van der Waals surface area contributed by atoms with Crippen molar-refractivity contribution in [2.75, 3.05) is 32.6 Å². The average molecular weight is 553 g/mol. The maximum Gasteiger partial charge on any atom is 0.175 e. The highest BCUT2D eigenvalue weighted by Crippen LogP contribution is 2.42. The summed E-state index contributed by atoms with van der Waals surface area (Å²) in [7, 11) is -1.38. The van der Waals surface area contributed by atoms with Gasteiger partial charge in [-0.05, 0) is 99.5 Å². The summed E-state index contributed by atoms with van der Waals surface area (Å²) in [5, 5.41) is 0. The van der Waals surface area contributed by atoms with Crippen molar-refractivity contribution in [2.24, 2.45) is 7.05 Å². The largest absolute Gasteiger partial charge is 0.378 e. The quantitative estimate of drug-likeness (QED) is 0.469. The molecule has 3 aromatic rings. The Morgan fingerprint density at radius 2 is 1.59 bits per heavy atom. The maximum atomic E-state index is 15.3. The number of imidazole rings is 1. The van der Waals surface area contributed by atoms with Crippen LogP contribution in [0.4, 0.5) is 4.39 Å². The van der Waals surface area contributed by atoms with Gasteiger partial charge in [0.1, 0.15) is 11.3 Å². The van der Waals surface area contributed by atoms with E-state index >= 15 is 4.39 Å². The Bertz CT molecular complexity index is 1480. The Morgan fingerprint density at radius 3 is 2.18 bits per heavy atom. The van der Waals surface area contributed by atoms with E-state index in [2.05, 4.69) is 20.9 Å². The van der Waals surface area contributed by atoms with Crippen molar-refractivity contribution in [3.63, 3.8) is 0 Å². The molecule has 208 valence electrons. The van der Waals surface area contributed by atoms with E-state index in [-0.39, 0.29) is 10.7 Å². The summed E-state index contributed by atoms with van der Waals surface area (Å²) in [6.07, 6.45) is 8.52. The summed E-state index contributed by atoms with van der Waals surface area (Å²) in [4.78, 5) is 10.4. The van der Waals surface area contributed by atoms with E-state index in [9.17, 15) is 8.42 Å². The number of fused-ring (bicyclic) bond motifs is 3. The molecule has 7 nitrogen and oxygen atoms in total. The lowest BCUT2D eigenvalue weighted by Gasteiger charge is -2.49. The summed E-state index contributed by atoms with van der Waals surface area (Å²) in [5.41, 5.74) is 2.96. The second-order valence-electron chi connectivity index (χ2n) is 12.1. The van der Waals surface area contributed by atoms with E-state index in [4.69, 9.17) is 4.74 Å². The zero-order valence-corrected chi connectivity index (χ0v) is 23.5. The number of aryl methyl sites for hydroxylation is 1. The second-order valence-corrected chi connectivity index (χ2v) is 14.1. The number of hydrogen-bond donors (Lipinski definition) is 0. The fourth-order valence-corrected chi connectivity index (χ4v) is 8.31. The van der Waals surface area contributed by atoms with E-state index in [1.165, 1.54) is 31.9 Å². The molecule has 2 bridgehead atoms. The van der Waals surface area contributed by atoms with Gasteiger partial charge in [-0.2, -0.15) is 0 Å². The number of aromatic nitrogens is 2. The molecule has 5 heterocycles. The Hall–Kier alpha value is -2.33. The molecular formula is C30H37FN4O3S. The normalized spacial score (nSPS) is 27.3. The highest BCUT2D eigenvalue weighted by atomic mass is 32.2. The topological polar surface area (TPSA) is 67.7 Å². The minimum atomic E-state index is -3.28. The molecule has 0 saturated carbocycles. The molecule has 0 amide bonds. The first kappa shape index (κ1) is 25.6. The highest BCUT2D eigenvalue weighted by molar-refractivity contribution is 7.90. The van der Waals surface area contributed by atoms with Gasteiger partial charge in [0, 0.05) is 37.0 Å². The number of halogens is 1. The highest BCUT2D eigenvalue weighted by Gasteiger charge is 2.47. The molecule has 0 radical (unpaired) electrons. The van der Waals surface area contributed by atoms with Crippen molar-refractivity contribution < 1.29 is 17.5 Å². The van der Waals surface area contributed by atoms with E-state index in [1.807, 2.05) is 11.6 Å². The molecule has 1 aromatic heterocycles. The molecule has 0 N–H and O–H groups in total. The van der Waals surface area contributed by atoms with Crippen LogP contribution in [0.2, 0.25) is 0 Å². The van der Waals surface area contributed by atoms with Gasteiger partial charge in [0.05, 0.1) is 29.7 Å². The first-order chi connectivity index (χ1) is 18.8. The molecule has 4 fully saturated rings. The number of hydrogen-bond acceptors (Lipinski definition) is 6. The summed E-state index contributed by atoms with van der Waals surface area (Å²) < 4.78 is 46.4. The van der Waals surface area contributed by atoms with Crippen LogP contribution in [0.1, 0.15) is 50.0 Å². The lowest BCUT2D eigenvalue weighted by Crippen LogP contribution is -2.59. The SMILES string of the molecule is Cn1c(-c2ccc(S(C)(=O)=O)cc2)nc2c(F)cc(C3CCN(C4CC5CCC(C4)N5C4COC4)CC3)cc21. The van der Waals surface area contributed by atoms with Crippen molar-refractivity contribution in [3.05, 3.63) is 47.8 Å². The minimum Gasteiger partial charge on any atom is -0.378 e. The third-order valence-corrected chi connectivity index (χ3v) is 11.0. The maximum absolute atomic E-state index is 15.3. The fourth-order valence-electron chi connectivity index (χ4n) is 7.68. The van der Waals surface area contributed by atoms with Crippen molar-refractivity contribution in [1.29, 1.82) is 0 Å². The van der Waals surface area contributed by atoms with Crippen LogP contribution in [0, 0.1) is 5.82 Å². The Balaban J connectivity index is 1.06. The summed E-state index contributed by atoms with van der Waals surface area (Å²) in [5.74, 6) is 0.685. The fraction of sp³-hybridized carbons (Fsp3) is 0.567. The van der Waals surface area contributed by atoms with Crippen molar-refractivity contribution in [1.82, 2.24) is 19.4 Å². The van der Waals surface area contributed by atoms with Crippen LogP contribution in [0.15, 0.2) is 41.3 Å². The summed E-state index contributed by atoms with van der Waals surface area (Å²) in [6, 6.07) is 13.2. The van der Waals surface area contributed by atoms with E-state index < -0.39 is 9.84 Å². The molecule has 0 aliphatic carbocycles. The molecule has 4 saturated heterocycles. The van der Waals surface area contributed by atoms with E-state index in [0.717, 1.165) is 67.9 Å². The van der Waals surface area contributed by atoms with Crippen LogP contribution in [0.5, 0.6) is 0 Å². The van der Waals surface area contributed by atoms with Crippen molar-refractivity contribution in [3.8, 4) is 11.4 Å². The Kier molecular flexibility index (Phi) is 6.34. The standard InChI is InChI=1S/C30H37FN4O3S/c1-33-28-14-21(13-27(31)29(28)32-30(33)20-3-7-26(8-4-20)39(2,36)37)19-9-11-34(12-10-19)24-15-22-5-6-23(16-24)35(22)25-17-38-18-25/h3-4,7-8,13-14,19,22-25H,5-6,9-12,15-18H2,1-2H3. The van der Waals surface area contributed by atoms with Crippen LogP contribution in [-0.4, -0.2) is 84.5 Å². The van der Waals surface area contributed by atoms with Gasteiger partial charge in [-0.1, -0.05) is 0 Å². The van der Waals surface area contributed by atoms with Gasteiger partial charge in [0.15, 0.2) is 15.7 Å². The molecule has 4 aliphatic heterocycles. The number of benzene rings is 2. The van der Waals surface area contributed by atoms with Crippen molar-refractivity contribution >= 4 is 20.9 Å². The van der Waals surface area contributed by atoms with Crippen LogP contribution in [-0.2, 0) is 21.6 Å². The average Bonchev–Trinajstić information content (AvgIpc) is 3.34. The first-order valence-electron chi connectivity index (χ1n) is 14.3. The first-order valence-corrected chi connectivity index (χ1v) is 16.2. The third kappa shape index (κ3) is 4.51. The molecule has 0 spiro atoms. The van der Waals surface area contributed by atoms with Gasteiger partial charge >= 0.3 is 0 Å². The van der Waals surface area contributed by atoms with Gasteiger partial charge in [-0.25, -0.2) is 17.8 Å². The van der Waals surface area contributed by atoms with Gasteiger partial charge in [0.2, 0.25) is 0 Å². The zero-order chi connectivity index (χ0) is 26.9. The van der Waals surface area contributed by atoms with Crippen LogP contribution in [0.25, 0.3) is 22.4 Å². The van der Waals surface area contributed by atoms with Crippen LogP contribution < -0.4 is 0 Å². The molecule has 39 heavy (non-hydrogen) atoms. The molecule has 9 heteroatoms. The van der Waals surface area contributed by atoms with Gasteiger partial charge in [-0.15, -0.1) is 0 Å². The van der Waals surface area contributed by atoms with Gasteiger partial charge in [0.25, 0.3) is 0 Å². The number of rotatable bonds is 5. The monoisotopic (exact) mass is 552 g/mol. The minimum absolute atomic E-state index is 0.260. The number of likely N-dealkylation sites (tertiary alicyclic amines) is 1. The molecule has 2 atom stereocenters. The van der Waals surface area contributed by atoms with Gasteiger partial charge in [-0.3, -0.25) is 4.90 Å². The lowest BCUT2D eigenvalue weighted by atomic mass is 9.86. The van der Waals surface area contributed by atoms with Gasteiger partial charge < -0.3 is 14.2 Å². The second kappa shape index (κ2) is 9.65. The molecular weight excluding hydrogens is 515 g/mol. The summed E-state index contributed by atoms with van der Waals surface area (Å²) in [6.45, 7) is 3.98. The smallest absolute Gasteiger partial charge is 0.175 e. The zero-order valence-electron chi connectivity index (χ0n) is 22.7. The van der Waals surface area contributed by atoms with Crippen molar-refractivity contribution in [2.45, 2.75) is 73.5 Å². The van der Waals surface area contributed by atoms with Crippen LogP contribution in [0.3, 0.4) is 0 Å². The molecule has 2 aromatic carbocycles. The molecule has 4 aliphatic rings. The molecule has 2 unspecified atom stereocenters. The number of nitrogens with zero attached hydrogens (tertiary/aromatic N) is 4. The molecule has 7 rings (SSSR count). The Labute approximate surface area is 229 Å². The third-order valence-electron chi connectivity index (χ3n) is 9.83. The Morgan fingerprint density at radius 1 is 0.923 bits per heavy atom. The number of piperidine rings is 2.